The van der Waals surface area contributed by atoms with Crippen LogP contribution in [0.3, 0.4) is 0 Å². The Morgan fingerprint density at radius 1 is 1.27 bits per heavy atom. The first kappa shape index (κ1) is 10.4. The Kier molecular flexibility index (Phi) is 2.93. The van der Waals surface area contributed by atoms with Gasteiger partial charge in [0.2, 0.25) is 5.28 Å². The number of aromatic nitrogens is 5. The number of hydrogen-bond acceptors (Lipinski definition) is 3. The van der Waals surface area contributed by atoms with E-state index < -0.39 is 0 Å². The highest BCUT2D eigenvalue weighted by atomic mass is 35.5. The van der Waals surface area contributed by atoms with E-state index >= 15 is 0 Å². The summed E-state index contributed by atoms with van der Waals surface area (Å²) in [5, 5.41) is 12.7. The molecule has 2 aromatic rings. The lowest BCUT2D eigenvalue weighted by atomic mass is 10.5. The lowest BCUT2D eigenvalue weighted by Gasteiger charge is -2.04. The summed E-state index contributed by atoms with van der Waals surface area (Å²) in [5.41, 5.74) is 0. The molecule has 0 saturated heterocycles. The fourth-order valence-electron chi connectivity index (χ4n) is 1.27. The van der Waals surface area contributed by atoms with Gasteiger partial charge in [-0.2, -0.15) is 5.10 Å². The second-order valence-electron chi connectivity index (χ2n) is 3.09. The third-order valence-corrected chi connectivity index (χ3v) is 2.52. The van der Waals surface area contributed by atoms with Gasteiger partial charge in [0, 0.05) is 12.7 Å². The summed E-state index contributed by atoms with van der Waals surface area (Å²) >= 11 is 11.6. The molecule has 0 aromatic carbocycles. The summed E-state index contributed by atoms with van der Waals surface area (Å²) < 4.78 is 3.56. The van der Waals surface area contributed by atoms with Crippen molar-refractivity contribution < 1.29 is 0 Å². The largest absolute Gasteiger partial charge is 0.300 e. The summed E-state index contributed by atoms with van der Waals surface area (Å²) in [6.07, 6.45) is 3.36. The van der Waals surface area contributed by atoms with Crippen molar-refractivity contribution in [3.05, 3.63) is 28.5 Å². The molecule has 7 heteroatoms. The molecule has 5 nitrogen and oxygen atoms in total. The lowest BCUT2D eigenvalue weighted by Crippen LogP contribution is -2.09. The van der Waals surface area contributed by atoms with Gasteiger partial charge in [-0.1, -0.05) is 11.6 Å². The van der Waals surface area contributed by atoms with Gasteiger partial charge in [0.15, 0.2) is 0 Å². The van der Waals surface area contributed by atoms with Crippen molar-refractivity contribution in [1.29, 1.82) is 0 Å². The van der Waals surface area contributed by atoms with E-state index in [4.69, 9.17) is 23.2 Å². The SMILES string of the molecule is Cc1nnc(Cl)n1CCn1cc(Cl)cn1. The number of rotatable bonds is 3. The summed E-state index contributed by atoms with van der Waals surface area (Å²) in [6, 6.07) is 0. The van der Waals surface area contributed by atoms with Crippen molar-refractivity contribution in [1.82, 2.24) is 24.5 Å². The highest BCUT2D eigenvalue weighted by Gasteiger charge is 2.05. The van der Waals surface area contributed by atoms with Crippen LogP contribution in [0.2, 0.25) is 10.3 Å². The third-order valence-electron chi connectivity index (χ3n) is 2.05. The van der Waals surface area contributed by atoms with Crippen molar-refractivity contribution in [2.24, 2.45) is 0 Å². The molecule has 0 amide bonds. The minimum atomic E-state index is 0.394. The molecule has 0 bridgehead atoms. The molecule has 0 unspecified atom stereocenters. The van der Waals surface area contributed by atoms with Crippen molar-refractivity contribution in [3.8, 4) is 0 Å². The Morgan fingerprint density at radius 2 is 2.07 bits per heavy atom. The average molecular weight is 246 g/mol. The van der Waals surface area contributed by atoms with Crippen molar-refractivity contribution >= 4 is 23.2 Å². The third kappa shape index (κ3) is 2.30. The van der Waals surface area contributed by atoms with Crippen LogP contribution in [-0.4, -0.2) is 24.5 Å². The van der Waals surface area contributed by atoms with Crippen LogP contribution in [0, 0.1) is 6.92 Å². The first-order valence-electron chi connectivity index (χ1n) is 4.40. The van der Waals surface area contributed by atoms with Gasteiger partial charge < -0.3 is 4.57 Å². The van der Waals surface area contributed by atoms with E-state index in [0.717, 1.165) is 5.82 Å². The molecule has 0 atom stereocenters. The topological polar surface area (TPSA) is 48.5 Å². The summed E-state index contributed by atoms with van der Waals surface area (Å²) in [5.74, 6) is 0.790. The average Bonchev–Trinajstić information content (AvgIpc) is 2.73. The Morgan fingerprint density at radius 3 is 2.60 bits per heavy atom. The van der Waals surface area contributed by atoms with Gasteiger partial charge in [0.05, 0.1) is 17.8 Å². The zero-order chi connectivity index (χ0) is 10.8. The van der Waals surface area contributed by atoms with Crippen LogP contribution in [0.25, 0.3) is 0 Å². The first-order chi connectivity index (χ1) is 7.16. The summed E-state index contributed by atoms with van der Waals surface area (Å²) in [4.78, 5) is 0. The number of halogens is 2. The molecular weight excluding hydrogens is 237 g/mol. The van der Waals surface area contributed by atoms with E-state index in [-0.39, 0.29) is 0 Å². The lowest BCUT2D eigenvalue weighted by molar-refractivity contribution is 0.526. The van der Waals surface area contributed by atoms with Crippen LogP contribution < -0.4 is 0 Å². The van der Waals surface area contributed by atoms with Crippen molar-refractivity contribution in [2.45, 2.75) is 20.0 Å². The fourth-order valence-corrected chi connectivity index (χ4v) is 1.67. The van der Waals surface area contributed by atoms with Crippen molar-refractivity contribution in [3.63, 3.8) is 0 Å². The van der Waals surface area contributed by atoms with Crippen molar-refractivity contribution in [2.75, 3.05) is 0 Å². The Bertz CT molecular complexity index is 442. The molecule has 80 valence electrons. The van der Waals surface area contributed by atoms with Crippen LogP contribution in [0.15, 0.2) is 12.4 Å². The van der Waals surface area contributed by atoms with E-state index in [1.807, 2.05) is 11.5 Å². The Labute approximate surface area is 96.6 Å². The van der Waals surface area contributed by atoms with Crippen LogP contribution in [0.1, 0.15) is 5.82 Å². The molecular formula is C8H9Cl2N5. The molecule has 0 fully saturated rings. The maximum Gasteiger partial charge on any atom is 0.225 e. The van der Waals surface area contributed by atoms with Gasteiger partial charge in [-0.05, 0) is 18.5 Å². The minimum absolute atomic E-state index is 0.394. The molecule has 0 aliphatic rings. The number of hydrogen-bond donors (Lipinski definition) is 0. The molecule has 2 aromatic heterocycles. The maximum absolute atomic E-state index is 5.85. The smallest absolute Gasteiger partial charge is 0.225 e. The van der Waals surface area contributed by atoms with Gasteiger partial charge >= 0.3 is 0 Å². The van der Waals surface area contributed by atoms with Gasteiger partial charge in [-0.25, -0.2) is 0 Å². The van der Waals surface area contributed by atoms with Crippen LogP contribution in [-0.2, 0) is 13.1 Å². The molecule has 2 heterocycles. The molecule has 0 N–H and O–H groups in total. The predicted molar refractivity (Wildman–Crippen MR) is 57.0 cm³/mol. The Hall–Kier alpha value is -1.07. The Balaban J connectivity index is 2.05. The quantitative estimate of drug-likeness (QED) is 0.829. The molecule has 15 heavy (non-hydrogen) atoms. The number of aryl methyl sites for hydroxylation is 2. The van der Waals surface area contributed by atoms with E-state index in [2.05, 4.69) is 15.3 Å². The van der Waals surface area contributed by atoms with E-state index in [1.165, 1.54) is 0 Å². The number of nitrogens with zero attached hydrogens (tertiary/aromatic N) is 5. The zero-order valence-electron chi connectivity index (χ0n) is 8.06. The molecule has 0 saturated carbocycles. The second kappa shape index (κ2) is 4.20. The van der Waals surface area contributed by atoms with Gasteiger partial charge in [-0.15, -0.1) is 10.2 Å². The maximum atomic E-state index is 5.85. The molecule has 0 spiro atoms. The second-order valence-corrected chi connectivity index (χ2v) is 3.86. The first-order valence-corrected chi connectivity index (χ1v) is 5.15. The minimum Gasteiger partial charge on any atom is -0.300 e. The van der Waals surface area contributed by atoms with E-state index in [9.17, 15) is 0 Å². The highest BCUT2D eigenvalue weighted by molar-refractivity contribution is 6.30. The normalized spacial score (nSPS) is 10.9. The van der Waals surface area contributed by atoms with Gasteiger partial charge in [0.1, 0.15) is 5.82 Å². The fraction of sp³-hybridized carbons (Fsp3) is 0.375. The van der Waals surface area contributed by atoms with Gasteiger partial charge in [0.25, 0.3) is 0 Å². The monoisotopic (exact) mass is 245 g/mol. The van der Waals surface area contributed by atoms with Crippen LogP contribution in [0.5, 0.6) is 0 Å². The molecule has 0 radical (unpaired) electrons. The highest BCUT2D eigenvalue weighted by Crippen LogP contribution is 2.09. The zero-order valence-corrected chi connectivity index (χ0v) is 9.57. The van der Waals surface area contributed by atoms with Crippen LogP contribution >= 0.6 is 23.2 Å². The molecule has 0 aliphatic heterocycles. The molecule has 2 rings (SSSR count). The summed E-state index contributed by atoms with van der Waals surface area (Å²) in [6.45, 7) is 3.22. The van der Waals surface area contributed by atoms with Crippen LogP contribution in [0.4, 0.5) is 0 Å². The van der Waals surface area contributed by atoms with Gasteiger partial charge in [-0.3, -0.25) is 4.68 Å². The predicted octanol–water partition coefficient (Wildman–Crippen LogP) is 1.79. The standard InChI is InChI=1S/C8H9Cl2N5/c1-6-12-13-8(10)15(6)3-2-14-5-7(9)4-11-14/h4-5H,2-3H2,1H3. The van der Waals surface area contributed by atoms with E-state index in [0.29, 0.717) is 23.4 Å². The summed E-state index contributed by atoms with van der Waals surface area (Å²) in [7, 11) is 0. The van der Waals surface area contributed by atoms with E-state index in [1.54, 1.807) is 17.1 Å². The molecule has 0 aliphatic carbocycles.